The molecule has 1 N–H and O–H groups in total. The van der Waals surface area contributed by atoms with E-state index in [0.29, 0.717) is 10.7 Å². The second kappa shape index (κ2) is 7.96. The van der Waals surface area contributed by atoms with Crippen LogP contribution in [0.2, 0.25) is 0 Å². The first-order valence-corrected chi connectivity index (χ1v) is 10.1. The third-order valence-corrected chi connectivity index (χ3v) is 5.43. The fourth-order valence-corrected chi connectivity index (χ4v) is 3.84. The number of carbonyl (C=O) groups excluding carboxylic acids is 1. The molecular weight excluding hydrogens is 404 g/mol. The summed E-state index contributed by atoms with van der Waals surface area (Å²) in [4.78, 5) is 18.0. The van der Waals surface area contributed by atoms with Crippen LogP contribution in [0, 0.1) is 0 Å². The average molecular weight is 419 g/mol. The molecule has 3 nitrogen and oxygen atoms in total. The number of carbonyl (C=O) groups is 1. The molecule has 1 aromatic heterocycles. The maximum atomic E-state index is 12.4. The zero-order chi connectivity index (χ0) is 16.9. The Balaban J connectivity index is 1.73. The van der Waals surface area contributed by atoms with Crippen LogP contribution in [0.15, 0.2) is 63.3 Å². The Morgan fingerprint density at radius 3 is 2.79 bits per heavy atom. The second-order valence-corrected chi connectivity index (χ2v) is 8.07. The molecule has 0 aliphatic heterocycles. The molecule has 0 spiro atoms. The number of benzene rings is 2. The van der Waals surface area contributed by atoms with Gasteiger partial charge in [0.05, 0.1) is 5.69 Å². The largest absolute Gasteiger partial charge is 0.298 e. The van der Waals surface area contributed by atoms with Gasteiger partial charge >= 0.3 is 0 Å². The van der Waals surface area contributed by atoms with Crippen LogP contribution >= 0.6 is 39.0 Å². The van der Waals surface area contributed by atoms with E-state index in [1.807, 2.05) is 53.9 Å². The molecule has 24 heavy (non-hydrogen) atoms. The van der Waals surface area contributed by atoms with Crippen molar-refractivity contribution < 1.29 is 4.79 Å². The summed E-state index contributed by atoms with van der Waals surface area (Å²) in [7, 11) is 0. The summed E-state index contributed by atoms with van der Waals surface area (Å²) < 4.78 is 1.03. The summed E-state index contributed by atoms with van der Waals surface area (Å²) in [5.74, 6) is 0.846. The maximum Gasteiger partial charge on any atom is 0.257 e. The number of hydrogen-bond acceptors (Lipinski definition) is 4. The van der Waals surface area contributed by atoms with E-state index < -0.39 is 0 Å². The number of thiazole rings is 1. The lowest BCUT2D eigenvalue weighted by Gasteiger charge is -2.04. The number of halogens is 1. The van der Waals surface area contributed by atoms with Crippen molar-refractivity contribution in [2.24, 2.45) is 0 Å². The topological polar surface area (TPSA) is 42.0 Å². The van der Waals surface area contributed by atoms with Crippen molar-refractivity contribution in [3.63, 3.8) is 0 Å². The third-order valence-electron chi connectivity index (χ3n) is 3.27. The van der Waals surface area contributed by atoms with Gasteiger partial charge in [-0.1, -0.05) is 41.1 Å². The summed E-state index contributed by atoms with van der Waals surface area (Å²) >= 11 is 6.57. The molecule has 0 radical (unpaired) electrons. The highest BCUT2D eigenvalue weighted by atomic mass is 79.9. The minimum Gasteiger partial charge on any atom is -0.298 e. The molecular formula is C18H15BrN2OS2. The van der Waals surface area contributed by atoms with Crippen LogP contribution in [0.3, 0.4) is 0 Å². The Labute approximate surface area is 157 Å². The molecule has 3 aromatic rings. The van der Waals surface area contributed by atoms with E-state index in [2.05, 4.69) is 33.2 Å². The first-order valence-electron chi connectivity index (χ1n) is 7.41. The highest BCUT2D eigenvalue weighted by Crippen LogP contribution is 2.26. The fourth-order valence-electron chi connectivity index (χ4n) is 2.15. The van der Waals surface area contributed by atoms with E-state index in [9.17, 15) is 4.79 Å². The second-order valence-electron chi connectivity index (χ2n) is 4.96. The monoisotopic (exact) mass is 418 g/mol. The number of nitrogens with one attached hydrogen (secondary N) is 1. The molecule has 0 atom stereocenters. The molecule has 0 aliphatic carbocycles. The van der Waals surface area contributed by atoms with E-state index >= 15 is 0 Å². The molecule has 2 aromatic carbocycles. The number of thioether (sulfide) groups is 1. The van der Waals surface area contributed by atoms with E-state index in [0.717, 1.165) is 26.4 Å². The highest BCUT2D eigenvalue weighted by Gasteiger charge is 2.10. The summed E-state index contributed by atoms with van der Waals surface area (Å²) in [5.41, 5.74) is 2.53. The molecule has 122 valence electrons. The van der Waals surface area contributed by atoms with Crippen molar-refractivity contribution in [1.29, 1.82) is 0 Å². The van der Waals surface area contributed by atoms with Crippen LogP contribution < -0.4 is 5.32 Å². The molecule has 3 rings (SSSR count). The predicted molar refractivity (Wildman–Crippen MR) is 106 cm³/mol. The lowest BCUT2D eigenvalue weighted by Crippen LogP contribution is -2.11. The van der Waals surface area contributed by atoms with Crippen LogP contribution in [0.1, 0.15) is 17.3 Å². The van der Waals surface area contributed by atoms with Gasteiger partial charge in [-0.15, -0.1) is 23.1 Å². The van der Waals surface area contributed by atoms with Gasteiger partial charge in [-0.05, 0) is 36.1 Å². The Kier molecular flexibility index (Phi) is 5.71. The summed E-state index contributed by atoms with van der Waals surface area (Å²) in [6, 6.07) is 15.6. The quantitative estimate of drug-likeness (QED) is 0.521. The molecule has 0 fully saturated rings. The van der Waals surface area contributed by atoms with E-state index in [1.165, 1.54) is 11.3 Å². The lowest BCUT2D eigenvalue weighted by atomic mass is 10.2. The van der Waals surface area contributed by atoms with E-state index in [-0.39, 0.29) is 5.91 Å². The van der Waals surface area contributed by atoms with Gasteiger partial charge in [-0.3, -0.25) is 10.1 Å². The van der Waals surface area contributed by atoms with Gasteiger partial charge in [-0.25, -0.2) is 4.98 Å². The van der Waals surface area contributed by atoms with Gasteiger partial charge in [-0.2, -0.15) is 0 Å². The first-order chi connectivity index (χ1) is 11.7. The maximum absolute atomic E-state index is 12.4. The molecule has 0 bridgehead atoms. The zero-order valence-electron chi connectivity index (χ0n) is 13.0. The Morgan fingerprint density at radius 2 is 2.04 bits per heavy atom. The number of amides is 1. The number of rotatable bonds is 5. The van der Waals surface area contributed by atoms with Gasteiger partial charge in [0.1, 0.15) is 0 Å². The average Bonchev–Trinajstić information content (AvgIpc) is 3.04. The van der Waals surface area contributed by atoms with E-state index in [1.54, 1.807) is 11.8 Å². The number of anilines is 1. The molecule has 0 saturated heterocycles. The van der Waals surface area contributed by atoms with Crippen molar-refractivity contribution >= 4 is 50.1 Å². The van der Waals surface area contributed by atoms with E-state index in [4.69, 9.17) is 0 Å². The summed E-state index contributed by atoms with van der Waals surface area (Å²) in [6.45, 7) is 2.09. The Hall–Kier alpha value is -1.63. The molecule has 6 heteroatoms. The van der Waals surface area contributed by atoms with Crippen LogP contribution in [0.25, 0.3) is 11.3 Å². The third kappa shape index (κ3) is 4.26. The van der Waals surface area contributed by atoms with Gasteiger partial charge in [0.2, 0.25) is 0 Å². The van der Waals surface area contributed by atoms with Gasteiger partial charge in [0.15, 0.2) is 5.13 Å². The fraction of sp³-hybridized carbons (Fsp3) is 0.111. The number of nitrogens with zero attached hydrogens (tertiary/aromatic N) is 1. The van der Waals surface area contributed by atoms with Crippen molar-refractivity contribution in [3.8, 4) is 11.3 Å². The highest BCUT2D eigenvalue weighted by molar-refractivity contribution is 9.10. The number of hydrogen-bond donors (Lipinski definition) is 1. The van der Waals surface area contributed by atoms with Crippen molar-refractivity contribution in [2.45, 2.75) is 11.8 Å². The number of aromatic nitrogens is 1. The van der Waals surface area contributed by atoms with Crippen LogP contribution in [-0.4, -0.2) is 16.6 Å². The predicted octanol–water partition coefficient (Wildman–Crippen LogP) is 5.94. The van der Waals surface area contributed by atoms with Crippen LogP contribution in [-0.2, 0) is 0 Å². The first kappa shape index (κ1) is 17.2. The van der Waals surface area contributed by atoms with Gasteiger partial charge < -0.3 is 0 Å². The Bertz CT molecular complexity index is 846. The van der Waals surface area contributed by atoms with Crippen molar-refractivity contribution in [2.75, 3.05) is 11.1 Å². The summed E-state index contributed by atoms with van der Waals surface area (Å²) in [5, 5.41) is 5.43. The minimum absolute atomic E-state index is 0.134. The molecule has 0 aliphatic rings. The molecule has 0 unspecified atom stereocenters. The standard InChI is InChI=1S/C18H15BrN2OS2/c1-2-23-15-5-3-4-13(10-15)17(22)21-18-20-16(11-24-18)12-6-8-14(19)9-7-12/h3-11H,2H2,1H3,(H,20,21,22). The van der Waals surface area contributed by atoms with Crippen LogP contribution in [0.4, 0.5) is 5.13 Å². The smallest absolute Gasteiger partial charge is 0.257 e. The Morgan fingerprint density at radius 1 is 1.25 bits per heavy atom. The SMILES string of the molecule is CCSc1cccc(C(=O)Nc2nc(-c3ccc(Br)cc3)cs2)c1. The van der Waals surface area contributed by atoms with Crippen molar-refractivity contribution in [3.05, 3.63) is 63.9 Å². The normalized spacial score (nSPS) is 10.6. The zero-order valence-corrected chi connectivity index (χ0v) is 16.2. The van der Waals surface area contributed by atoms with Crippen molar-refractivity contribution in [1.82, 2.24) is 4.98 Å². The molecule has 1 amide bonds. The summed E-state index contributed by atoms with van der Waals surface area (Å²) in [6.07, 6.45) is 0. The molecule has 0 saturated carbocycles. The van der Waals surface area contributed by atoms with Gasteiger partial charge in [0, 0.05) is 25.9 Å². The lowest BCUT2D eigenvalue weighted by molar-refractivity contribution is 0.102. The van der Waals surface area contributed by atoms with Gasteiger partial charge in [0.25, 0.3) is 5.91 Å². The minimum atomic E-state index is -0.134. The van der Waals surface area contributed by atoms with Crippen LogP contribution in [0.5, 0.6) is 0 Å². The molecule has 1 heterocycles.